The highest BCUT2D eigenvalue weighted by molar-refractivity contribution is 6.26. The topological polar surface area (TPSA) is 34.1 Å². The van der Waals surface area contributed by atoms with Gasteiger partial charge in [-0.05, 0) is 36.0 Å². The highest BCUT2D eigenvalue weighted by Crippen LogP contribution is 2.27. The summed E-state index contributed by atoms with van der Waals surface area (Å²) in [5, 5.41) is 0. The van der Waals surface area contributed by atoms with Crippen LogP contribution in [0.2, 0.25) is 0 Å². The Bertz CT molecular complexity index is 407. The summed E-state index contributed by atoms with van der Waals surface area (Å²) in [7, 11) is 0. The van der Waals surface area contributed by atoms with E-state index in [9.17, 15) is 9.59 Å². The quantitative estimate of drug-likeness (QED) is 0.552. The van der Waals surface area contributed by atoms with Crippen molar-refractivity contribution in [3.05, 3.63) is 34.9 Å². The summed E-state index contributed by atoms with van der Waals surface area (Å²) in [6.07, 6.45) is 2.94. The maximum absolute atomic E-state index is 11.3. The van der Waals surface area contributed by atoms with Gasteiger partial charge >= 0.3 is 0 Å². The number of hydrogen-bond acceptors (Lipinski definition) is 2. The van der Waals surface area contributed by atoms with Crippen LogP contribution in [-0.2, 0) is 28.9 Å². The van der Waals surface area contributed by atoms with Gasteiger partial charge in [0.1, 0.15) is 0 Å². The zero-order chi connectivity index (χ0) is 10.8. The number of aldehydes is 1. The fraction of sp³-hybridized carbons (Fsp3) is 0.385. The Hall–Kier alpha value is -1.44. The Labute approximate surface area is 89.3 Å². The van der Waals surface area contributed by atoms with E-state index in [1.54, 1.807) is 0 Å². The van der Waals surface area contributed by atoms with Gasteiger partial charge in [-0.3, -0.25) is 9.59 Å². The molecule has 0 saturated carbocycles. The molecule has 1 unspecified atom stereocenters. The molecule has 1 atom stereocenters. The third-order valence-electron chi connectivity index (χ3n) is 3.13. The Morgan fingerprint density at radius 2 is 2.13 bits per heavy atom. The summed E-state index contributed by atoms with van der Waals surface area (Å²) < 4.78 is 0. The first-order chi connectivity index (χ1) is 7.24. The van der Waals surface area contributed by atoms with Gasteiger partial charge in [-0.15, -0.1) is 0 Å². The average molecular weight is 202 g/mol. The minimum absolute atomic E-state index is 0.107. The maximum atomic E-state index is 11.3. The highest BCUT2D eigenvalue weighted by Gasteiger charge is 2.26. The van der Waals surface area contributed by atoms with Crippen molar-refractivity contribution in [2.75, 3.05) is 0 Å². The van der Waals surface area contributed by atoms with Crippen molar-refractivity contribution in [3.8, 4) is 0 Å². The Balaban J connectivity index is 2.23. The summed E-state index contributed by atoms with van der Waals surface area (Å²) in [6, 6.07) is 6.35. The van der Waals surface area contributed by atoms with Crippen molar-refractivity contribution in [1.82, 2.24) is 0 Å². The molecule has 0 fully saturated rings. The summed E-state index contributed by atoms with van der Waals surface area (Å²) in [5.74, 6) is -0.367. The fourth-order valence-corrected chi connectivity index (χ4v) is 2.19. The maximum Gasteiger partial charge on any atom is 0.198 e. The van der Waals surface area contributed by atoms with Gasteiger partial charge in [-0.2, -0.15) is 0 Å². The summed E-state index contributed by atoms with van der Waals surface area (Å²) >= 11 is 0. The molecule has 2 nitrogen and oxygen atoms in total. The Morgan fingerprint density at radius 3 is 2.80 bits per heavy atom. The second-order valence-electron chi connectivity index (χ2n) is 4.08. The van der Waals surface area contributed by atoms with Crippen molar-refractivity contribution in [1.29, 1.82) is 0 Å². The van der Waals surface area contributed by atoms with Crippen LogP contribution in [0.5, 0.6) is 0 Å². The van der Waals surface area contributed by atoms with Crippen LogP contribution < -0.4 is 0 Å². The summed E-state index contributed by atoms with van der Waals surface area (Å²) in [4.78, 5) is 21.7. The molecule has 0 spiro atoms. The molecule has 15 heavy (non-hydrogen) atoms. The number of carbonyl (C=O) groups is 2. The lowest BCUT2D eigenvalue weighted by molar-refractivity contribution is -0.132. The largest absolute Gasteiger partial charge is 0.295 e. The number of aryl methyl sites for hydroxylation is 1. The van der Waals surface area contributed by atoms with Crippen molar-refractivity contribution < 1.29 is 9.59 Å². The van der Waals surface area contributed by atoms with Crippen LogP contribution in [0.4, 0.5) is 0 Å². The molecule has 2 heteroatoms. The predicted molar refractivity (Wildman–Crippen MR) is 57.8 cm³/mol. The van der Waals surface area contributed by atoms with Crippen LogP contribution in [0.3, 0.4) is 0 Å². The second kappa shape index (κ2) is 3.97. The molecule has 0 aliphatic heterocycles. The smallest absolute Gasteiger partial charge is 0.198 e. The zero-order valence-corrected chi connectivity index (χ0v) is 8.82. The first kappa shape index (κ1) is 10.1. The standard InChI is InChI=1S/C13H14O2/c1-2-9-3-4-10-6-12(13(15)8-14)7-11(10)5-9/h3-5,8,12H,2,6-7H2,1H3. The van der Waals surface area contributed by atoms with Gasteiger partial charge in [0.05, 0.1) is 0 Å². The second-order valence-corrected chi connectivity index (χ2v) is 4.08. The summed E-state index contributed by atoms with van der Waals surface area (Å²) in [6.45, 7) is 2.12. The molecule has 1 aromatic rings. The van der Waals surface area contributed by atoms with Gasteiger partial charge in [-0.1, -0.05) is 25.1 Å². The van der Waals surface area contributed by atoms with Gasteiger partial charge in [-0.25, -0.2) is 0 Å². The molecular formula is C13H14O2. The van der Waals surface area contributed by atoms with Crippen LogP contribution in [0.1, 0.15) is 23.6 Å². The molecular weight excluding hydrogens is 188 g/mol. The lowest BCUT2D eigenvalue weighted by Gasteiger charge is -2.01. The van der Waals surface area contributed by atoms with Crippen molar-refractivity contribution in [3.63, 3.8) is 0 Å². The Morgan fingerprint density at radius 1 is 1.40 bits per heavy atom. The third kappa shape index (κ3) is 1.84. The molecule has 0 bridgehead atoms. The molecule has 0 saturated heterocycles. The molecule has 0 radical (unpaired) electrons. The van der Waals surface area contributed by atoms with Crippen LogP contribution >= 0.6 is 0 Å². The van der Waals surface area contributed by atoms with E-state index in [1.807, 2.05) is 0 Å². The van der Waals surface area contributed by atoms with E-state index in [4.69, 9.17) is 0 Å². The first-order valence-corrected chi connectivity index (χ1v) is 5.34. The van der Waals surface area contributed by atoms with Crippen LogP contribution in [-0.4, -0.2) is 12.1 Å². The number of carbonyl (C=O) groups excluding carboxylic acids is 2. The number of Topliss-reactive ketones (excluding diaryl/α,β-unsaturated/α-hetero) is 1. The first-order valence-electron chi connectivity index (χ1n) is 5.34. The van der Waals surface area contributed by atoms with E-state index in [0.717, 1.165) is 19.3 Å². The van der Waals surface area contributed by atoms with E-state index in [0.29, 0.717) is 6.29 Å². The van der Waals surface area contributed by atoms with Gasteiger partial charge in [0.15, 0.2) is 12.1 Å². The molecule has 1 aromatic carbocycles. The molecule has 2 rings (SSSR count). The molecule has 78 valence electrons. The molecule has 0 aromatic heterocycles. The molecule has 0 N–H and O–H groups in total. The number of ketones is 1. The van der Waals surface area contributed by atoms with Crippen LogP contribution in [0.15, 0.2) is 18.2 Å². The van der Waals surface area contributed by atoms with Gasteiger partial charge in [0, 0.05) is 5.92 Å². The molecule has 0 heterocycles. The normalized spacial score (nSPS) is 18.6. The summed E-state index contributed by atoms with van der Waals surface area (Å²) in [5.41, 5.74) is 3.77. The predicted octanol–water partition coefficient (Wildman–Crippen LogP) is 1.73. The average Bonchev–Trinajstić information content (AvgIpc) is 2.70. The number of hydrogen-bond donors (Lipinski definition) is 0. The van der Waals surface area contributed by atoms with E-state index >= 15 is 0 Å². The van der Waals surface area contributed by atoms with Gasteiger partial charge < -0.3 is 0 Å². The van der Waals surface area contributed by atoms with Gasteiger partial charge in [0.25, 0.3) is 0 Å². The number of fused-ring (bicyclic) bond motifs is 1. The van der Waals surface area contributed by atoms with Gasteiger partial charge in [0.2, 0.25) is 0 Å². The van der Waals surface area contributed by atoms with E-state index in [1.165, 1.54) is 16.7 Å². The Kier molecular flexibility index (Phi) is 2.67. The van der Waals surface area contributed by atoms with E-state index < -0.39 is 0 Å². The number of rotatable bonds is 3. The van der Waals surface area contributed by atoms with Crippen LogP contribution in [0.25, 0.3) is 0 Å². The van der Waals surface area contributed by atoms with Crippen LogP contribution in [0, 0.1) is 5.92 Å². The van der Waals surface area contributed by atoms with Crippen molar-refractivity contribution >= 4 is 12.1 Å². The third-order valence-corrected chi connectivity index (χ3v) is 3.13. The lowest BCUT2D eigenvalue weighted by Crippen LogP contribution is -2.15. The molecule has 1 aliphatic carbocycles. The lowest BCUT2D eigenvalue weighted by atomic mass is 10.0. The monoisotopic (exact) mass is 202 g/mol. The van der Waals surface area contributed by atoms with E-state index in [-0.39, 0.29) is 11.7 Å². The minimum atomic E-state index is -0.260. The van der Waals surface area contributed by atoms with Crippen molar-refractivity contribution in [2.45, 2.75) is 26.2 Å². The molecule has 0 amide bonds. The zero-order valence-electron chi connectivity index (χ0n) is 8.82. The minimum Gasteiger partial charge on any atom is -0.295 e. The number of benzene rings is 1. The van der Waals surface area contributed by atoms with Crippen molar-refractivity contribution in [2.24, 2.45) is 5.92 Å². The SMILES string of the molecule is CCc1ccc2c(c1)CC(C(=O)C=O)C2. The highest BCUT2D eigenvalue weighted by atomic mass is 16.2. The fourth-order valence-electron chi connectivity index (χ4n) is 2.19. The molecule has 1 aliphatic rings. The van der Waals surface area contributed by atoms with E-state index in [2.05, 4.69) is 25.1 Å².